The van der Waals surface area contributed by atoms with Crippen molar-refractivity contribution in [2.75, 3.05) is 0 Å². The van der Waals surface area contributed by atoms with Crippen molar-refractivity contribution < 1.29 is 0 Å². The molecule has 0 aromatic heterocycles. The van der Waals surface area contributed by atoms with E-state index in [4.69, 9.17) is 5.26 Å². The van der Waals surface area contributed by atoms with Crippen LogP contribution >= 0.6 is 0 Å². The maximum Gasteiger partial charge on any atom is 0.0991 e. The van der Waals surface area contributed by atoms with Crippen molar-refractivity contribution in [3.8, 4) is 28.3 Å². The summed E-state index contributed by atoms with van der Waals surface area (Å²) in [5.41, 5.74) is 8.16. The highest BCUT2D eigenvalue weighted by atomic mass is 14.2. The highest BCUT2D eigenvalue weighted by Crippen LogP contribution is 2.27. The summed E-state index contributed by atoms with van der Waals surface area (Å²) in [6.45, 7) is 2.28. The molecule has 1 nitrogen and oxygen atoms in total. The summed E-state index contributed by atoms with van der Waals surface area (Å²) >= 11 is 0. The van der Waals surface area contributed by atoms with E-state index in [1.807, 2.05) is 24.3 Å². The summed E-state index contributed by atoms with van der Waals surface area (Å²) in [5, 5.41) is 8.94. The number of benzene rings is 4. The third kappa shape index (κ3) is 4.45. The number of nitrogens with zero attached hydrogens (tertiary/aromatic N) is 1. The summed E-state index contributed by atoms with van der Waals surface area (Å²) in [5.74, 6) is 0.508. The first-order valence-corrected chi connectivity index (χ1v) is 9.98. The minimum absolute atomic E-state index is 0.508. The Morgan fingerprint density at radius 3 is 1.55 bits per heavy atom. The van der Waals surface area contributed by atoms with Gasteiger partial charge in [0.2, 0.25) is 0 Å². The van der Waals surface area contributed by atoms with Gasteiger partial charge in [-0.3, -0.25) is 0 Å². The van der Waals surface area contributed by atoms with E-state index < -0.39 is 0 Å². The van der Waals surface area contributed by atoms with Gasteiger partial charge in [0, 0.05) is 0 Å². The second-order valence-electron chi connectivity index (χ2n) is 7.48. The van der Waals surface area contributed by atoms with Crippen LogP contribution in [0.25, 0.3) is 22.3 Å². The smallest absolute Gasteiger partial charge is 0.0991 e. The van der Waals surface area contributed by atoms with Crippen LogP contribution in [-0.4, -0.2) is 0 Å². The van der Waals surface area contributed by atoms with Gasteiger partial charge in [-0.1, -0.05) is 97.9 Å². The predicted octanol–water partition coefficient (Wildman–Crippen LogP) is 7.24. The number of rotatable bonds is 5. The first kappa shape index (κ1) is 18.7. The maximum absolute atomic E-state index is 8.94. The predicted molar refractivity (Wildman–Crippen MR) is 121 cm³/mol. The van der Waals surface area contributed by atoms with Crippen LogP contribution in [0.15, 0.2) is 103 Å². The first-order chi connectivity index (χ1) is 14.2. The molecule has 4 rings (SSSR count). The molecule has 0 aliphatic carbocycles. The van der Waals surface area contributed by atoms with E-state index in [0.717, 1.165) is 17.5 Å². The molecule has 0 amide bonds. The Labute approximate surface area is 172 Å². The van der Waals surface area contributed by atoms with Crippen molar-refractivity contribution in [1.82, 2.24) is 0 Å². The largest absolute Gasteiger partial charge is 0.192 e. The molecular weight excluding hydrogens is 350 g/mol. The molecule has 1 heteroatoms. The SMILES string of the molecule is C[C@@H](Cc1ccc(-c2ccc(-c3ccc(C#N)cc3)cc2)cc1)c1ccccc1. The van der Waals surface area contributed by atoms with E-state index in [2.05, 4.69) is 91.9 Å². The lowest BCUT2D eigenvalue weighted by Crippen LogP contribution is -1.98. The Kier molecular flexibility index (Phi) is 5.54. The molecule has 29 heavy (non-hydrogen) atoms. The third-order valence-electron chi connectivity index (χ3n) is 5.43. The van der Waals surface area contributed by atoms with Gasteiger partial charge in [0.05, 0.1) is 11.6 Å². The van der Waals surface area contributed by atoms with Gasteiger partial charge in [-0.2, -0.15) is 5.26 Å². The Hall–Kier alpha value is -3.63. The second kappa shape index (κ2) is 8.59. The van der Waals surface area contributed by atoms with Gasteiger partial charge in [0.1, 0.15) is 0 Å². The molecule has 0 N–H and O–H groups in total. The first-order valence-electron chi connectivity index (χ1n) is 9.98. The van der Waals surface area contributed by atoms with Crippen molar-refractivity contribution >= 4 is 0 Å². The minimum atomic E-state index is 0.508. The summed E-state index contributed by atoms with van der Waals surface area (Å²) < 4.78 is 0. The van der Waals surface area contributed by atoms with Gasteiger partial charge in [-0.05, 0) is 57.9 Å². The van der Waals surface area contributed by atoms with Gasteiger partial charge in [0.15, 0.2) is 0 Å². The topological polar surface area (TPSA) is 23.8 Å². The third-order valence-corrected chi connectivity index (χ3v) is 5.43. The van der Waals surface area contributed by atoms with Crippen LogP contribution in [0.2, 0.25) is 0 Å². The summed E-state index contributed by atoms with van der Waals surface area (Å²) in [7, 11) is 0. The Morgan fingerprint density at radius 2 is 1.07 bits per heavy atom. The van der Waals surface area contributed by atoms with Gasteiger partial charge >= 0.3 is 0 Å². The zero-order valence-electron chi connectivity index (χ0n) is 16.5. The van der Waals surface area contributed by atoms with Gasteiger partial charge in [-0.25, -0.2) is 0 Å². The molecule has 0 spiro atoms. The molecule has 0 saturated carbocycles. The van der Waals surface area contributed by atoms with E-state index in [9.17, 15) is 0 Å². The molecule has 140 valence electrons. The number of hydrogen-bond donors (Lipinski definition) is 0. The van der Waals surface area contributed by atoms with E-state index in [1.54, 1.807) is 0 Å². The van der Waals surface area contributed by atoms with Crippen molar-refractivity contribution in [3.63, 3.8) is 0 Å². The van der Waals surface area contributed by atoms with Crippen LogP contribution in [0.1, 0.15) is 29.5 Å². The van der Waals surface area contributed by atoms with Crippen LogP contribution in [0, 0.1) is 11.3 Å². The maximum atomic E-state index is 8.94. The molecular formula is C28H23N. The molecule has 0 saturated heterocycles. The zero-order chi connectivity index (χ0) is 20.1. The van der Waals surface area contributed by atoms with Crippen molar-refractivity contribution in [2.24, 2.45) is 0 Å². The van der Waals surface area contributed by atoms with Crippen LogP contribution in [0.3, 0.4) is 0 Å². The molecule has 0 aliphatic rings. The molecule has 0 radical (unpaired) electrons. The average molecular weight is 373 g/mol. The highest BCUT2D eigenvalue weighted by molar-refractivity contribution is 5.70. The lowest BCUT2D eigenvalue weighted by Gasteiger charge is -2.12. The Bertz CT molecular complexity index is 1100. The van der Waals surface area contributed by atoms with Gasteiger partial charge in [0.25, 0.3) is 0 Å². The van der Waals surface area contributed by atoms with E-state index in [1.165, 1.54) is 22.3 Å². The molecule has 4 aromatic rings. The summed E-state index contributed by atoms with van der Waals surface area (Å²) in [6.07, 6.45) is 1.04. The van der Waals surface area contributed by atoms with Crippen LogP contribution in [-0.2, 0) is 6.42 Å². The standard InChI is InChI=1S/C28H23N/c1-21(24-5-3-2-4-6-24)19-22-7-11-25(12-8-22)27-15-17-28(18-16-27)26-13-9-23(20-29)10-14-26/h2-18,21H,19H2,1H3/t21-/m0/s1. The summed E-state index contributed by atoms with van der Waals surface area (Å²) in [6, 6.07) is 38.1. The second-order valence-corrected chi connectivity index (χ2v) is 7.48. The fourth-order valence-electron chi connectivity index (χ4n) is 3.68. The molecule has 0 unspecified atom stereocenters. The molecule has 0 heterocycles. The lowest BCUT2D eigenvalue weighted by molar-refractivity contribution is 0.759. The lowest BCUT2D eigenvalue weighted by atomic mass is 9.92. The van der Waals surface area contributed by atoms with Crippen molar-refractivity contribution in [3.05, 3.63) is 120 Å². The van der Waals surface area contributed by atoms with Crippen LogP contribution < -0.4 is 0 Å². The van der Waals surface area contributed by atoms with Gasteiger partial charge < -0.3 is 0 Å². The zero-order valence-corrected chi connectivity index (χ0v) is 16.5. The van der Waals surface area contributed by atoms with Crippen molar-refractivity contribution in [2.45, 2.75) is 19.3 Å². The fraction of sp³-hybridized carbons (Fsp3) is 0.107. The van der Waals surface area contributed by atoms with Crippen LogP contribution in [0.5, 0.6) is 0 Å². The monoisotopic (exact) mass is 373 g/mol. The number of hydrogen-bond acceptors (Lipinski definition) is 1. The molecule has 0 aliphatic heterocycles. The molecule has 0 bridgehead atoms. The Balaban J connectivity index is 1.46. The molecule has 1 atom stereocenters. The van der Waals surface area contributed by atoms with E-state index in [-0.39, 0.29) is 0 Å². The molecule has 0 fully saturated rings. The summed E-state index contributed by atoms with van der Waals surface area (Å²) in [4.78, 5) is 0. The van der Waals surface area contributed by atoms with E-state index >= 15 is 0 Å². The van der Waals surface area contributed by atoms with Crippen molar-refractivity contribution in [1.29, 1.82) is 5.26 Å². The molecule has 4 aromatic carbocycles. The highest BCUT2D eigenvalue weighted by Gasteiger charge is 2.07. The van der Waals surface area contributed by atoms with Crippen LogP contribution in [0.4, 0.5) is 0 Å². The number of nitriles is 1. The van der Waals surface area contributed by atoms with E-state index in [0.29, 0.717) is 11.5 Å². The van der Waals surface area contributed by atoms with Gasteiger partial charge in [-0.15, -0.1) is 0 Å². The normalized spacial score (nSPS) is 11.6. The Morgan fingerprint density at radius 1 is 0.621 bits per heavy atom. The quantitative estimate of drug-likeness (QED) is 0.362. The average Bonchev–Trinajstić information content (AvgIpc) is 2.80. The fourth-order valence-corrected chi connectivity index (χ4v) is 3.68. The minimum Gasteiger partial charge on any atom is -0.192 e.